The van der Waals surface area contributed by atoms with E-state index in [9.17, 15) is 19.7 Å². The molecule has 0 aliphatic carbocycles. The number of furan rings is 1. The molecule has 5 rings (SSSR count). The number of allylic oxidation sites excluding steroid dienone is 1. The molecular formula is C27H19Cl2N3O6S. The fourth-order valence-corrected chi connectivity index (χ4v) is 5.76. The van der Waals surface area contributed by atoms with Gasteiger partial charge in [0.2, 0.25) is 0 Å². The number of nitrogens with zero attached hydrogens (tertiary/aromatic N) is 3. The molecule has 0 unspecified atom stereocenters. The second-order valence-electron chi connectivity index (χ2n) is 8.45. The summed E-state index contributed by atoms with van der Waals surface area (Å²) < 4.78 is 12.9. The molecule has 0 radical (unpaired) electrons. The van der Waals surface area contributed by atoms with Crippen LogP contribution in [0.25, 0.3) is 17.4 Å². The number of fused-ring (bicyclic) bond motifs is 1. The molecule has 12 heteroatoms. The molecule has 1 aliphatic heterocycles. The molecule has 0 saturated carbocycles. The summed E-state index contributed by atoms with van der Waals surface area (Å²) in [5.74, 6) is 0.136. The van der Waals surface area contributed by atoms with Gasteiger partial charge in [-0.05, 0) is 49.7 Å². The molecule has 1 atom stereocenters. The zero-order chi connectivity index (χ0) is 27.8. The summed E-state index contributed by atoms with van der Waals surface area (Å²) in [6.45, 7) is 3.55. The van der Waals surface area contributed by atoms with Crippen LogP contribution >= 0.6 is 34.5 Å². The average Bonchev–Trinajstić information content (AvgIpc) is 3.48. The van der Waals surface area contributed by atoms with E-state index in [0.29, 0.717) is 42.7 Å². The second kappa shape index (κ2) is 10.6. The molecule has 0 N–H and O–H groups in total. The first-order valence-corrected chi connectivity index (χ1v) is 13.2. The minimum absolute atomic E-state index is 0.0159. The van der Waals surface area contributed by atoms with Crippen molar-refractivity contribution in [3.8, 4) is 11.3 Å². The highest BCUT2D eigenvalue weighted by molar-refractivity contribution is 7.07. The smallest absolute Gasteiger partial charge is 0.338 e. The third-order valence-corrected chi connectivity index (χ3v) is 7.69. The third-order valence-electron chi connectivity index (χ3n) is 6.04. The Morgan fingerprint density at radius 2 is 1.97 bits per heavy atom. The van der Waals surface area contributed by atoms with Crippen LogP contribution in [0.1, 0.15) is 31.2 Å². The standard InChI is InChI=1S/C27H19Cl2N3O6S/c1-3-37-26(34)23-14(2)30-27-31(24(23)17-6-4-5-7-18(17)28)25(33)22(39-27)13-16-9-11-21(38-16)15-8-10-19(29)20(12-15)32(35)36/h4-13,24H,3H2,1-2H3/b22-13-/t24-/m0/s1. The van der Waals surface area contributed by atoms with Gasteiger partial charge in [0, 0.05) is 22.7 Å². The van der Waals surface area contributed by atoms with Gasteiger partial charge in [0.15, 0.2) is 4.80 Å². The van der Waals surface area contributed by atoms with Crippen LogP contribution in [-0.2, 0) is 9.53 Å². The Balaban J connectivity index is 1.63. The van der Waals surface area contributed by atoms with E-state index in [2.05, 4.69) is 4.99 Å². The molecule has 2 aromatic carbocycles. The molecule has 4 aromatic rings. The maximum absolute atomic E-state index is 13.7. The van der Waals surface area contributed by atoms with E-state index in [0.717, 1.165) is 11.3 Å². The predicted octanol–water partition coefficient (Wildman–Crippen LogP) is 5.27. The number of aromatic nitrogens is 1. The van der Waals surface area contributed by atoms with Crippen molar-refractivity contribution in [2.75, 3.05) is 6.61 Å². The Morgan fingerprint density at radius 3 is 2.69 bits per heavy atom. The Bertz CT molecular complexity index is 1850. The van der Waals surface area contributed by atoms with Crippen molar-refractivity contribution in [3.05, 3.63) is 117 Å². The first-order valence-electron chi connectivity index (χ1n) is 11.7. The summed E-state index contributed by atoms with van der Waals surface area (Å²) in [7, 11) is 0. The number of thiazole rings is 1. The molecule has 0 amide bonds. The first kappa shape index (κ1) is 26.6. The van der Waals surface area contributed by atoms with Crippen molar-refractivity contribution < 1.29 is 18.9 Å². The van der Waals surface area contributed by atoms with E-state index >= 15 is 0 Å². The van der Waals surface area contributed by atoms with E-state index in [-0.39, 0.29) is 22.9 Å². The molecule has 9 nitrogen and oxygen atoms in total. The highest BCUT2D eigenvalue weighted by atomic mass is 35.5. The number of rotatable bonds is 6. The lowest BCUT2D eigenvalue weighted by molar-refractivity contribution is -0.384. The van der Waals surface area contributed by atoms with Crippen LogP contribution in [0, 0.1) is 10.1 Å². The van der Waals surface area contributed by atoms with Gasteiger partial charge < -0.3 is 9.15 Å². The molecule has 0 fully saturated rings. The van der Waals surface area contributed by atoms with Gasteiger partial charge in [-0.15, -0.1) is 0 Å². The van der Waals surface area contributed by atoms with Crippen molar-refractivity contribution in [1.82, 2.24) is 4.57 Å². The highest BCUT2D eigenvalue weighted by Gasteiger charge is 2.34. The van der Waals surface area contributed by atoms with Gasteiger partial charge in [0.25, 0.3) is 11.2 Å². The number of esters is 1. The summed E-state index contributed by atoms with van der Waals surface area (Å²) >= 11 is 13.6. The Labute approximate surface area is 235 Å². The quantitative estimate of drug-likeness (QED) is 0.173. The normalized spacial score (nSPS) is 15.2. The Hall–Kier alpha value is -3.99. The molecule has 3 heterocycles. The number of carbonyl (C=O) groups is 1. The molecule has 1 aliphatic rings. The van der Waals surface area contributed by atoms with E-state index in [1.54, 1.807) is 62.4 Å². The van der Waals surface area contributed by atoms with E-state index < -0.39 is 22.5 Å². The molecule has 39 heavy (non-hydrogen) atoms. The SMILES string of the molecule is CCOC(=O)C1=C(C)N=c2s/c(=C\c3ccc(-c4ccc(Cl)c([N+](=O)[O-])c4)o3)c(=O)n2[C@H]1c1ccccc1Cl. The number of hydrogen-bond acceptors (Lipinski definition) is 8. The zero-order valence-corrected chi connectivity index (χ0v) is 22.8. The van der Waals surface area contributed by atoms with Crippen LogP contribution in [0.2, 0.25) is 10.0 Å². The number of carbonyl (C=O) groups excluding carboxylic acids is 1. The number of halogens is 2. The van der Waals surface area contributed by atoms with Crippen LogP contribution < -0.4 is 14.9 Å². The van der Waals surface area contributed by atoms with E-state index in [1.807, 2.05) is 0 Å². The summed E-state index contributed by atoms with van der Waals surface area (Å²) in [5, 5.41) is 11.7. The van der Waals surface area contributed by atoms with E-state index in [1.165, 1.54) is 16.7 Å². The molecular weight excluding hydrogens is 565 g/mol. The lowest BCUT2D eigenvalue weighted by atomic mass is 9.96. The third kappa shape index (κ3) is 4.94. The summed E-state index contributed by atoms with van der Waals surface area (Å²) in [6.07, 6.45) is 1.56. The fourth-order valence-electron chi connectivity index (χ4n) is 4.30. The molecule has 198 valence electrons. The average molecular weight is 584 g/mol. The van der Waals surface area contributed by atoms with Gasteiger partial charge in [-0.25, -0.2) is 9.79 Å². The first-order chi connectivity index (χ1) is 18.7. The van der Waals surface area contributed by atoms with Gasteiger partial charge in [-0.2, -0.15) is 0 Å². The number of nitro groups is 1. The van der Waals surface area contributed by atoms with Crippen LogP contribution in [0.3, 0.4) is 0 Å². The minimum Gasteiger partial charge on any atom is -0.463 e. The molecule has 2 aromatic heterocycles. The molecule has 0 spiro atoms. The largest absolute Gasteiger partial charge is 0.463 e. The van der Waals surface area contributed by atoms with Crippen molar-refractivity contribution in [2.45, 2.75) is 19.9 Å². The van der Waals surface area contributed by atoms with Gasteiger partial charge in [-0.3, -0.25) is 19.5 Å². The maximum Gasteiger partial charge on any atom is 0.338 e. The topological polar surface area (TPSA) is 117 Å². The molecule has 0 saturated heterocycles. The van der Waals surface area contributed by atoms with Gasteiger partial charge in [-0.1, -0.05) is 52.7 Å². The lowest BCUT2D eigenvalue weighted by Crippen LogP contribution is -2.40. The van der Waals surface area contributed by atoms with Gasteiger partial charge in [0.05, 0.1) is 27.3 Å². The Kier molecular flexibility index (Phi) is 7.26. The summed E-state index contributed by atoms with van der Waals surface area (Å²) in [5.41, 5.74) is 1.05. The highest BCUT2D eigenvalue weighted by Crippen LogP contribution is 2.35. The Morgan fingerprint density at radius 1 is 1.21 bits per heavy atom. The van der Waals surface area contributed by atoms with Crippen LogP contribution in [0.5, 0.6) is 0 Å². The zero-order valence-electron chi connectivity index (χ0n) is 20.5. The molecule has 0 bridgehead atoms. The maximum atomic E-state index is 13.7. The number of ether oxygens (including phenoxy) is 1. The van der Waals surface area contributed by atoms with Crippen molar-refractivity contribution in [1.29, 1.82) is 0 Å². The van der Waals surface area contributed by atoms with Gasteiger partial charge in [0.1, 0.15) is 22.6 Å². The number of nitro benzene ring substituents is 1. The van der Waals surface area contributed by atoms with Gasteiger partial charge >= 0.3 is 5.97 Å². The van der Waals surface area contributed by atoms with Crippen LogP contribution in [0.4, 0.5) is 5.69 Å². The number of benzene rings is 2. The second-order valence-corrected chi connectivity index (χ2v) is 10.3. The fraction of sp³-hybridized carbons (Fsp3) is 0.148. The number of hydrogen-bond donors (Lipinski definition) is 0. The van der Waals surface area contributed by atoms with Crippen LogP contribution in [-0.4, -0.2) is 22.1 Å². The summed E-state index contributed by atoms with van der Waals surface area (Å²) in [6, 6.07) is 13.8. The van der Waals surface area contributed by atoms with Crippen molar-refractivity contribution in [2.24, 2.45) is 4.99 Å². The van der Waals surface area contributed by atoms with Crippen molar-refractivity contribution in [3.63, 3.8) is 0 Å². The van der Waals surface area contributed by atoms with E-state index in [4.69, 9.17) is 32.4 Å². The van der Waals surface area contributed by atoms with Crippen molar-refractivity contribution >= 4 is 52.3 Å². The summed E-state index contributed by atoms with van der Waals surface area (Å²) in [4.78, 5) is 42.3. The predicted molar refractivity (Wildman–Crippen MR) is 148 cm³/mol. The monoisotopic (exact) mass is 583 g/mol. The lowest BCUT2D eigenvalue weighted by Gasteiger charge is -2.25. The minimum atomic E-state index is -0.835. The van der Waals surface area contributed by atoms with Crippen LogP contribution in [0.15, 0.2) is 80.1 Å².